The number of hydrogen-bond acceptors (Lipinski definition) is 3. The van der Waals surface area contributed by atoms with Crippen LogP contribution in [-0.2, 0) is 19.6 Å². The molecule has 33 heavy (non-hydrogen) atoms. The number of carbonyl (C=O) groups excluding carboxylic acids is 1. The molecule has 5 heteroatoms. The Morgan fingerprint density at radius 1 is 0.939 bits per heavy atom. The van der Waals surface area contributed by atoms with Crippen molar-refractivity contribution in [2.24, 2.45) is 0 Å². The molecule has 0 fully saturated rings. The fourth-order valence-corrected chi connectivity index (χ4v) is 4.04. The van der Waals surface area contributed by atoms with Crippen molar-refractivity contribution < 1.29 is 4.79 Å². The zero-order valence-corrected chi connectivity index (χ0v) is 19.7. The molecule has 0 bridgehead atoms. The minimum atomic E-state index is -0.0493. The molecule has 0 radical (unpaired) electrons. The minimum Gasteiger partial charge on any atom is -0.348 e. The van der Waals surface area contributed by atoms with Crippen molar-refractivity contribution in [3.63, 3.8) is 0 Å². The van der Waals surface area contributed by atoms with Crippen molar-refractivity contribution >= 4 is 16.9 Å². The number of rotatable bonds is 9. The molecular weight excluding hydrogens is 408 g/mol. The van der Waals surface area contributed by atoms with E-state index in [1.165, 1.54) is 11.1 Å². The normalized spacial score (nSPS) is 11.4. The molecule has 3 aromatic carbocycles. The highest BCUT2D eigenvalue weighted by molar-refractivity contribution is 5.94. The van der Waals surface area contributed by atoms with Gasteiger partial charge in [-0.1, -0.05) is 55.5 Å². The van der Waals surface area contributed by atoms with Crippen LogP contribution in [0.3, 0.4) is 0 Å². The van der Waals surface area contributed by atoms with Gasteiger partial charge in [-0.2, -0.15) is 0 Å². The van der Waals surface area contributed by atoms with Crippen LogP contribution in [0, 0.1) is 0 Å². The van der Waals surface area contributed by atoms with Gasteiger partial charge in [-0.25, -0.2) is 4.98 Å². The minimum absolute atomic E-state index is 0.0493. The molecule has 1 heterocycles. The van der Waals surface area contributed by atoms with E-state index in [2.05, 4.69) is 83.0 Å². The van der Waals surface area contributed by atoms with Gasteiger partial charge in [-0.05, 0) is 61.3 Å². The summed E-state index contributed by atoms with van der Waals surface area (Å²) in [6.45, 7) is 9.77. The maximum atomic E-state index is 12.6. The highest BCUT2D eigenvalue weighted by Gasteiger charge is 2.10. The second kappa shape index (κ2) is 10.5. The van der Waals surface area contributed by atoms with Crippen LogP contribution in [0.2, 0.25) is 0 Å². The molecule has 1 amide bonds. The van der Waals surface area contributed by atoms with E-state index < -0.39 is 0 Å². The van der Waals surface area contributed by atoms with Crippen molar-refractivity contribution in [3.05, 3.63) is 101 Å². The highest BCUT2D eigenvalue weighted by atomic mass is 16.1. The van der Waals surface area contributed by atoms with Crippen molar-refractivity contribution in [3.8, 4) is 0 Å². The van der Waals surface area contributed by atoms with E-state index in [9.17, 15) is 4.79 Å². The fraction of sp³-hybridized carbons (Fsp3) is 0.286. The lowest BCUT2D eigenvalue weighted by Crippen LogP contribution is -2.30. The van der Waals surface area contributed by atoms with E-state index in [1.807, 2.05) is 36.7 Å². The smallest absolute Gasteiger partial charge is 0.251 e. The molecule has 0 unspecified atom stereocenters. The van der Waals surface area contributed by atoms with Crippen LogP contribution < -0.4 is 5.32 Å². The lowest BCUT2D eigenvalue weighted by molar-refractivity contribution is 0.0951. The zero-order valence-electron chi connectivity index (χ0n) is 19.7. The first-order chi connectivity index (χ1) is 16.0. The summed E-state index contributed by atoms with van der Waals surface area (Å²) in [5, 5.41) is 3.03. The number of benzene rings is 3. The summed E-state index contributed by atoms with van der Waals surface area (Å²) in [7, 11) is 0. The summed E-state index contributed by atoms with van der Waals surface area (Å²) in [4.78, 5) is 19.4. The van der Waals surface area contributed by atoms with Crippen LogP contribution in [0.1, 0.15) is 47.8 Å². The summed E-state index contributed by atoms with van der Waals surface area (Å²) in [6.07, 6.45) is 1.88. The summed E-state index contributed by atoms with van der Waals surface area (Å²) in [6, 6.07) is 24.9. The molecule has 0 spiro atoms. The van der Waals surface area contributed by atoms with Crippen molar-refractivity contribution in [2.45, 2.75) is 46.4 Å². The molecule has 1 N–H and O–H groups in total. The SMILES string of the molecule is CCN(Cc1ccc(C(=O)NCc2ccc(Cn3cnc4ccccc43)cc2)cc1)C(C)C. The van der Waals surface area contributed by atoms with Crippen LogP contribution in [0.25, 0.3) is 11.0 Å². The first-order valence-electron chi connectivity index (χ1n) is 11.6. The van der Waals surface area contributed by atoms with E-state index in [1.54, 1.807) is 0 Å². The fourth-order valence-electron chi connectivity index (χ4n) is 4.04. The third kappa shape index (κ3) is 5.68. The third-order valence-corrected chi connectivity index (χ3v) is 6.09. The van der Waals surface area contributed by atoms with Gasteiger partial charge in [-0.15, -0.1) is 0 Å². The number of carbonyl (C=O) groups is 1. The number of aromatic nitrogens is 2. The Balaban J connectivity index is 1.31. The van der Waals surface area contributed by atoms with Gasteiger partial charge < -0.3 is 9.88 Å². The average Bonchev–Trinajstić information content (AvgIpc) is 3.25. The number of amides is 1. The maximum absolute atomic E-state index is 12.6. The lowest BCUT2D eigenvalue weighted by Gasteiger charge is -2.24. The molecule has 4 aromatic rings. The largest absolute Gasteiger partial charge is 0.348 e. The van der Waals surface area contributed by atoms with E-state index in [0.29, 0.717) is 18.2 Å². The zero-order chi connectivity index (χ0) is 23.2. The van der Waals surface area contributed by atoms with E-state index in [4.69, 9.17) is 0 Å². The van der Waals surface area contributed by atoms with Crippen molar-refractivity contribution in [2.75, 3.05) is 6.54 Å². The van der Waals surface area contributed by atoms with Crippen LogP contribution >= 0.6 is 0 Å². The molecule has 0 aliphatic carbocycles. The Morgan fingerprint density at radius 3 is 2.30 bits per heavy atom. The Kier molecular flexibility index (Phi) is 7.20. The van der Waals surface area contributed by atoms with Gasteiger partial charge in [0.25, 0.3) is 5.91 Å². The van der Waals surface area contributed by atoms with Gasteiger partial charge in [0.15, 0.2) is 0 Å². The molecule has 0 aliphatic rings. The van der Waals surface area contributed by atoms with E-state index in [-0.39, 0.29) is 5.91 Å². The second-order valence-corrected chi connectivity index (χ2v) is 8.71. The molecule has 0 saturated heterocycles. The van der Waals surface area contributed by atoms with Crippen molar-refractivity contribution in [1.29, 1.82) is 0 Å². The molecule has 0 atom stereocenters. The van der Waals surface area contributed by atoms with Gasteiger partial charge in [-0.3, -0.25) is 9.69 Å². The standard InChI is InChI=1S/C28H32N4O/c1-4-31(21(2)3)18-24-13-15-25(16-14-24)28(33)29-17-22-9-11-23(12-10-22)19-32-20-30-26-7-5-6-8-27(26)32/h5-16,20-21H,4,17-19H2,1-3H3,(H,29,33). The first-order valence-corrected chi connectivity index (χ1v) is 11.6. The van der Waals surface area contributed by atoms with Crippen LogP contribution in [0.4, 0.5) is 0 Å². The summed E-state index contributed by atoms with van der Waals surface area (Å²) >= 11 is 0. The topological polar surface area (TPSA) is 50.2 Å². The molecule has 5 nitrogen and oxygen atoms in total. The molecule has 0 saturated carbocycles. The van der Waals surface area contributed by atoms with Gasteiger partial charge >= 0.3 is 0 Å². The summed E-state index contributed by atoms with van der Waals surface area (Å²) in [5.74, 6) is -0.0493. The number of fused-ring (bicyclic) bond motifs is 1. The van der Waals surface area contributed by atoms with Gasteiger partial charge in [0.2, 0.25) is 0 Å². The van der Waals surface area contributed by atoms with E-state index in [0.717, 1.165) is 36.2 Å². The third-order valence-electron chi connectivity index (χ3n) is 6.09. The Morgan fingerprint density at radius 2 is 1.61 bits per heavy atom. The molecule has 4 rings (SSSR count). The molecule has 1 aromatic heterocycles. The number of nitrogens with one attached hydrogen (secondary N) is 1. The predicted octanol–water partition coefficient (Wildman–Crippen LogP) is 5.24. The van der Waals surface area contributed by atoms with E-state index >= 15 is 0 Å². The monoisotopic (exact) mass is 440 g/mol. The number of para-hydroxylation sites is 2. The Labute approximate surface area is 196 Å². The maximum Gasteiger partial charge on any atom is 0.251 e. The summed E-state index contributed by atoms with van der Waals surface area (Å²) < 4.78 is 2.15. The number of imidazole rings is 1. The van der Waals surface area contributed by atoms with Gasteiger partial charge in [0, 0.05) is 31.2 Å². The molecule has 170 valence electrons. The highest BCUT2D eigenvalue weighted by Crippen LogP contribution is 2.15. The number of hydrogen-bond donors (Lipinski definition) is 1. The van der Waals surface area contributed by atoms with Crippen LogP contribution in [-0.4, -0.2) is 32.9 Å². The first kappa shape index (κ1) is 22.7. The molecule has 0 aliphatic heterocycles. The van der Waals surface area contributed by atoms with Crippen LogP contribution in [0.5, 0.6) is 0 Å². The Hall–Kier alpha value is -3.44. The predicted molar refractivity (Wildman–Crippen MR) is 134 cm³/mol. The van der Waals surface area contributed by atoms with Gasteiger partial charge in [0.1, 0.15) is 0 Å². The van der Waals surface area contributed by atoms with Crippen LogP contribution in [0.15, 0.2) is 79.1 Å². The van der Waals surface area contributed by atoms with Gasteiger partial charge in [0.05, 0.1) is 17.4 Å². The second-order valence-electron chi connectivity index (χ2n) is 8.71. The Bertz CT molecular complexity index is 1190. The average molecular weight is 441 g/mol. The quantitative estimate of drug-likeness (QED) is 0.387. The number of nitrogens with zero attached hydrogens (tertiary/aromatic N) is 3. The van der Waals surface area contributed by atoms with Crippen molar-refractivity contribution in [1.82, 2.24) is 19.8 Å². The lowest BCUT2D eigenvalue weighted by atomic mass is 10.1. The summed E-state index contributed by atoms with van der Waals surface area (Å²) in [5.41, 5.74) is 6.33. The molecular formula is C28H32N4O.